The van der Waals surface area contributed by atoms with Crippen LogP contribution in [0.2, 0.25) is 0 Å². The average Bonchev–Trinajstić information content (AvgIpc) is 2.31. The molecule has 0 aliphatic heterocycles. The van der Waals surface area contributed by atoms with Gasteiger partial charge < -0.3 is 16.3 Å². The van der Waals surface area contributed by atoms with Crippen LogP contribution in [0.4, 0.5) is 0 Å². The van der Waals surface area contributed by atoms with Gasteiger partial charge >= 0.3 is 0 Å². The lowest BCUT2D eigenvalue weighted by molar-refractivity contribution is 0.275. The van der Waals surface area contributed by atoms with Crippen molar-refractivity contribution in [3.8, 4) is 0 Å². The summed E-state index contributed by atoms with van der Waals surface area (Å²) in [6.45, 7) is 4.21. The molecule has 0 heterocycles. The molecule has 16 heavy (non-hydrogen) atoms. The van der Waals surface area contributed by atoms with Crippen molar-refractivity contribution in [2.75, 3.05) is 13.1 Å². The summed E-state index contributed by atoms with van der Waals surface area (Å²) in [7, 11) is 0. The number of hydrogen-bond donors (Lipinski definition) is 3. The van der Waals surface area contributed by atoms with Crippen LogP contribution in [0.1, 0.15) is 45.4 Å². The minimum atomic E-state index is 0.305. The van der Waals surface area contributed by atoms with Crippen molar-refractivity contribution >= 4 is 5.84 Å². The molecule has 94 valence electrons. The van der Waals surface area contributed by atoms with Crippen LogP contribution in [-0.2, 0) is 0 Å². The summed E-state index contributed by atoms with van der Waals surface area (Å²) in [6.07, 6.45) is 7.47. The SMILES string of the molecule is CC1CCC(CCNCCC(N)=NO)CC1. The predicted molar refractivity (Wildman–Crippen MR) is 66.6 cm³/mol. The molecule has 0 aromatic rings. The minimum Gasteiger partial charge on any atom is -0.409 e. The molecule has 1 saturated carbocycles. The molecule has 0 amide bonds. The molecule has 4 heteroatoms. The highest BCUT2D eigenvalue weighted by Crippen LogP contribution is 2.29. The van der Waals surface area contributed by atoms with Gasteiger partial charge in [0.1, 0.15) is 5.84 Å². The minimum absolute atomic E-state index is 0.305. The second kappa shape index (κ2) is 7.49. The monoisotopic (exact) mass is 227 g/mol. The van der Waals surface area contributed by atoms with Gasteiger partial charge in [0.15, 0.2) is 0 Å². The zero-order valence-corrected chi connectivity index (χ0v) is 10.3. The Bertz CT molecular complexity index is 210. The quantitative estimate of drug-likeness (QED) is 0.213. The van der Waals surface area contributed by atoms with Gasteiger partial charge in [0.05, 0.1) is 0 Å². The maximum atomic E-state index is 8.36. The lowest BCUT2D eigenvalue weighted by Crippen LogP contribution is -2.25. The van der Waals surface area contributed by atoms with Crippen molar-refractivity contribution in [2.45, 2.75) is 45.4 Å². The number of rotatable bonds is 6. The van der Waals surface area contributed by atoms with Gasteiger partial charge in [0.25, 0.3) is 0 Å². The van der Waals surface area contributed by atoms with Crippen molar-refractivity contribution < 1.29 is 5.21 Å². The first-order valence-corrected chi connectivity index (χ1v) is 6.39. The second-order valence-electron chi connectivity index (χ2n) is 5.01. The molecule has 0 aromatic heterocycles. The van der Waals surface area contributed by atoms with Gasteiger partial charge in [0, 0.05) is 13.0 Å². The smallest absolute Gasteiger partial charge is 0.140 e. The highest BCUT2D eigenvalue weighted by atomic mass is 16.4. The first kappa shape index (κ1) is 13.3. The van der Waals surface area contributed by atoms with E-state index < -0.39 is 0 Å². The van der Waals surface area contributed by atoms with E-state index in [-0.39, 0.29) is 0 Å². The predicted octanol–water partition coefficient (Wildman–Crippen LogP) is 1.93. The molecule has 0 bridgehead atoms. The molecule has 0 radical (unpaired) electrons. The molecule has 1 aliphatic rings. The summed E-state index contributed by atoms with van der Waals surface area (Å²) in [5, 5.41) is 14.6. The Morgan fingerprint density at radius 2 is 2.00 bits per heavy atom. The first-order chi connectivity index (χ1) is 7.72. The fraction of sp³-hybridized carbons (Fsp3) is 0.917. The van der Waals surface area contributed by atoms with E-state index in [2.05, 4.69) is 17.4 Å². The van der Waals surface area contributed by atoms with Crippen molar-refractivity contribution in [1.29, 1.82) is 0 Å². The molecule has 0 spiro atoms. The van der Waals surface area contributed by atoms with E-state index in [1.807, 2.05) is 0 Å². The topological polar surface area (TPSA) is 70.6 Å². The standard InChI is InChI=1S/C12H25N3O/c1-10-2-4-11(5-3-10)6-8-14-9-7-12(13)15-16/h10-11,14,16H,2-9H2,1H3,(H2,13,15). The van der Waals surface area contributed by atoms with Gasteiger partial charge in [-0.1, -0.05) is 37.8 Å². The Hall–Kier alpha value is -0.770. The Balaban J connectivity index is 1.95. The Kier molecular flexibility index (Phi) is 6.23. The molecule has 4 nitrogen and oxygen atoms in total. The molecule has 0 unspecified atom stereocenters. The average molecular weight is 227 g/mol. The highest BCUT2D eigenvalue weighted by molar-refractivity contribution is 5.79. The van der Waals surface area contributed by atoms with Crippen LogP contribution < -0.4 is 11.1 Å². The van der Waals surface area contributed by atoms with E-state index in [1.165, 1.54) is 32.1 Å². The lowest BCUT2D eigenvalue weighted by atomic mass is 9.81. The summed E-state index contributed by atoms with van der Waals surface area (Å²) >= 11 is 0. The second-order valence-corrected chi connectivity index (χ2v) is 5.01. The lowest BCUT2D eigenvalue weighted by Gasteiger charge is -2.26. The molecule has 0 aromatic carbocycles. The van der Waals surface area contributed by atoms with Crippen molar-refractivity contribution in [3.63, 3.8) is 0 Å². The molecular formula is C12H25N3O. The van der Waals surface area contributed by atoms with Gasteiger partial charge in [-0.25, -0.2) is 0 Å². The van der Waals surface area contributed by atoms with Gasteiger partial charge in [-0.2, -0.15) is 0 Å². The molecule has 4 N–H and O–H groups in total. The van der Waals surface area contributed by atoms with Crippen LogP contribution >= 0.6 is 0 Å². The normalized spacial score (nSPS) is 26.9. The van der Waals surface area contributed by atoms with Gasteiger partial charge in [0.2, 0.25) is 0 Å². The van der Waals surface area contributed by atoms with Crippen LogP contribution in [0, 0.1) is 11.8 Å². The zero-order valence-electron chi connectivity index (χ0n) is 10.3. The first-order valence-electron chi connectivity index (χ1n) is 6.39. The van der Waals surface area contributed by atoms with Gasteiger partial charge in [-0.3, -0.25) is 0 Å². The number of amidine groups is 1. The molecule has 1 rings (SSSR count). The summed E-state index contributed by atoms with van der Waals surface area (Å²) in [6, 6.07) is 0. The van der Waals surface area contributed by atoms with E-state index in [1.54, 1.807) is 0 Å². The van der Waals surface area contributed by atoms with E-state index in [0.29, 0.717) is 12.3 Å². The summed E-state index contributed by atoms with van der Waals surface area (Å²) in [4.78, 5) is 0. The maximum absolute atomic E-state index is 8.36. The van der Waals surface area contributed by atoms with Crippen LogP contribution in [0.15, 0.2) is 5.16 Å². The Morgan fingerprint density at radius 3 is 2.62 bits per heavy atom. The number of hydrogen-bond acceptors (Lipinski definition) is 3. The van der Waals surface area contributed by atoms with Crippen LogP contribution in [0.5, 0.6) is 0 Å². The number of oxime groups is 1. The number of nitrogens with two attached hydrogens (primary N) is 1. The molecule has 0 saturated heterocycles. The zero-order chi connectivity index (χ0) is 11.8. The Morgan fingerprint density at radius 1 is 1.31 bits per heavy atom. The third kappa shape index (κ3) is 5.35. The Labute approximate surface area is 98.3 Å². The fourth-order valence-corrected chi connectivity index (χ4v) is 2.32. The highest BCUT2D eigenvalue weighted by Gasteiger charge is 2.17. The van der Waals surface area contributed by atoms with Crippen molar-refractivity contribution in [3.05, 3.63) is 0 Å². The van der Waals surface area contributed by atoms with Crippen molar-refractivity contribution in [1.82, 2.24) is 5.32 Å². The molecule has 0 atom stereocenters. The van der Waals surface area contributed by atoms with Crippen LogP contribution in [0.3, 0.4) is 0 Å². The maximum Gasteiger partial charge on any atom is 0.140 e. The van der Waals surface area contributed by atoms with E-state index in [0.717, 1.165) is 24.9 Å². The largest absolute Gasteiger partial charge is 0.409 e. The van der Waals surface area contributed by atoms with Crippen LogP contribution in [-0.4, -0.2) is 24.1 Å². The number of nitrogens with zero attached hydrogens (tertiary/aromatic N) is 1. The van der Waals surface area contributed by atoms with Gasteiger partial charge in [-0.05, 0) is 24.8 Å². The van der Waals surface area contributed by atoms with Crippen molar-refractivity contribution in [2.24, 2.45) is 22.7 Å². The summed E-state index contributed by atoms with van der Waals surface area (Å²) < 4.78 is 0. The number of nitrogens with one attached hydrogen (secondary N) is 1. The fourth-order valence-electron chi connectivity index (χ4n) is 2.32. The van der Waals surface area contributed by atoms with E-state index in [4.69, 9.17) is 10.9 Å². The van der Waals surface area contributed by atoms with E-state index >= 15 is 0 Å². The molecule has 1 fully saturated rings. The summed E-state index contributed by atoms with van der Waals surface area (Å²) in [5.74, 6) is 2.15. The van der Waals surface area contributed by atoms with Crippen LogP contribution in [0.25, 0.3) is 0 Å². The third-order valence-corrected chi connectivity index (χ3v) is 3.55. The van der Waals surface area contributed by atoms with E-state index in [9.17, 15) is 0 Å². The molecule has 1 aliphatic carbocycles. The summed E-state index contributed by atoms with van der Waals surface area (Å²) in [5.41, 5.74) is 5.37. The third-order valence-electron chi connectivity index (χ3n) is 3.55. The van der Waals surface area contributed by atoms with Gasteiger partial charge in [-0.15, -0.1) is 0 Å². The molecular weight excluding hydrogens is 202 g/mol.